The number of hydrogen-bond donors (Lipinski definition) is 2. The first kappa shape index (κ1) is 18.1. The Labute approximate surface area is 136 Å². The number of rotatable bonds is 7. The average Bonchev–Trinajstić information content (AvgIpc) is 2.43. The van der Waals surface area contributed by atoms with Gasteiger partial charge in [0, 0.05) is 23.1 Å². The molecular weight excluding hydrogens is 354 g/mol. The first-order chi connectivity index (χ1) is 9.81. The predicted molar refractivity (Wildman–Crippen MR) is 89.8 cm³/mol. The molecule has 0 aromatic carbocycles. The van der Waals surface area contributed by atoms with Crippen LogP contribution in [0.1, 0.15) is 45.3 Å². The van der Waals surface area contributed by atoms with Crippen LogP contribution in [-0.4, -0.2) is 15.8 Å². The van der Waals surface area contributed by atoms with Crippen LogP contribution in [0.2, 0.25) is 0 Å². The quantitative estimate of drug-likeness (QED) is 0.567. The Kier molecular flexibility index (Phi) is 7.34. The van der Waals surface area contributed by atoms with E-state index in [9.17, 15) is 9.00 Å². The molecule has 0 aliphatic heterocycles. The van der Waals surface area contributed by atoms with E-state index in [0.29, 0.717) is 6.42 Å². The Morgan fingerprint density at radius 1 is 1.48 bits per heavy atom. The minimum absolute atomic E-state index is 0.216. The summed E-state index contributed by atoms with van der Waals surface area (Å²) in [5, 5.41) is 0. The Balaban J connectivity index is 2.97. The van der Waals surface area contributed by atoms with Crippen LogP contribution in [0.25, 0.3) is 0 Å². The molecule has 1 amide bonds. The third kappa shape index (κ3) is 6.15. The number of primary amides is 1. The van der Waals surface area contributed by atoms with Crippen molar-refractivity contribution < 1.29 is 9.00 Å². The van der Waals surface area contributed by atoms with Crippen LogP contribution >= 0.6 is 15.9 Å². The lowest BCUT2D eigenvalue weighted by Crippen LogP contribution is -2.26. The number of pyridine rings is 1. The minimum Gasteiger partial charge on any atom is -0.447 e. The standard InChI is InChI=1S/C14H21BrN3O2S/c1-9(2)10(3)21(20)18-13(6-7-14(16)19)12-5-4-11(15)8-17-12/h4-5,8-9,13H,6-7H2,1-3H3,(H2,16,19)(H,18,20)/q-1/t13-/m0/s1. The van der Waals surface area contributed by atoms with Gasteiger partial charge in [-0.15, -0.1) is 0 Å². The topological polar surface area (TPSA) is 85.1 Å². The number of nitrogens with zero attached hydrogens (tertiary/aromatic N) is 1. The fraction of sp³-hybridized carbons (Fsp3) is 0.500. The monoisotopic (exact) mass is 374 g/mol. The van der Waals surface area contributed by atoms with Gasteiger partial charge in [-0.3, -0.25) is 9.78 Å². The van der Waals surface area contributed by atoms with E-state index >= 15 is 0 Å². The number of nitrogens with two attached hydrogens (primary N) is 1. The molecule has 0 aliphatic carbocycles. The molecule has 0 bridgehead atoms. The van der Waals surface area contributed by atoms with E-state index in [4.69, 9.17) is 5.73 Å². The Morgan fingerprint density at radius 3 is 2.62 bits per heavy atom. The van der Waals surface area contributed by atoms with Crippen molar-refractivity contribution in [2.45, 2.75) is 39.7 Å². The third-order valence-corrected chi connectivity index (χ3v) is 5.17. The van der Waals surface area contributed by atoms with Crippen molar-refractivity contribution in [1.82, 2.24) is 9.71 Å². The lowest BCUT2D eigenvalue weighted by atomic mass is 10.1. The summed E-state index contributed by atoms with van der Waals surface area (Å²) < 4.78 is 16.2. The molecule has 0 saturated heterocycles. The molecule has 0 aliphatic rings. The van der Waals surface area contributed by atoms with Crippen LogP contribution in [0.5, 0.6) is 0 Å². The zero-order valence-electron chi connectivity index (χ0n) is 12.4. The van der Waals surface area contributed by atoms with Gasteiger partial charge in [0.05, 0.1) is 5.69 Å². The van der Waals surface area contributed by atoms with Crippen LogP contribution in [-0.2, 0) is 19.6 Å². The molecule has 1 aromatic rings. The van der Waals surface area contributed by atoms with Gasteiger partial charge in [-0.1, -0.05) is 20.8 Å². The Bertz CT molecular complexity index is 566. The van der Waals surface area contributed by atoms with Crippen LogP contribution in [0, 0.1) is 5.92 Å². The number of aromatic nitrogens is 1. The zero-order valence-corrected chi connectivity index (χ0v) is 14.8. The molecule has 0 unspecified atom stereocenters. The average molecular weight is 375 g/mol. The van der Waals surface area contributed by atoms with Gasteiger partial charge in [0.15, 0.2) is 0 Å². The van der Waals surface area contributed by atoms with Crippen molar-refractivity contribution in [3.8, 4) is 0 Å². The second-order valence-corrected chi connectivity index (χ2v) is 7.44. The molecule has 0 saturated carbocycles. The first-order valence-electron chi connectivity index (χ1n) is 6.72. The summed E-state index contributed by atoms with van der Waals surface area (Å²) in [5.41, 5.74) is 5.95. The highest BCUT2D eigenvalue weighted by Gasteiger charge is 2.11. The maximum atomic E-state index is 12.3. The Hall–Kier alpha value is -0.920. The smallest absolute Gasteiger partial charge is 0.217 e. The molecule has 1 rings (SSSR count). The third-order valence-electron chi connectivity index (χ3n) is 3.14. The molecule has 3 N–H and O–H groups in total. The summed E-state index contributed by atoms with van der Waals surface area (Å²) in [6, 6.07) is 3.42. The van der Waals surface area contributed by atoms with E-state index in [1.165, 1.54) is 0 Å². The molecule has 0 spiro atoms. The number of halogens is 1. The highest BCUT2D eigenvalue weighted by molar-refractivity contribution is 9.10. The van der Waals surface area contributed by atoms with Gasteiger partial charge in [0.25, 0.3) is 0 Å². The fourth-order valence-electron chi connectivity index (χ4n) is 1.58. The number of hydrogen-bond acceptors (Lipinski definition) is 4. The highest BCUT2D eigenvalue weighted by Crippen LogP contribution is 2.18. The van der Waals surface area contributed by atoms with Gasteiger partial charge in [0.1, 0.15) is 0 Å². The maximum absolute atomic E-state index is 12.3. The molecule has 21 heavy (non-hydrogen) atoms. The summed E-state index contributed by atoms with van der Waals surface area (Å²) in [5.74, 6) is -0.165. The molecular formula is C14H21BrN3O2S-. The van der Waals surface area contributed by atoms with Crippen LogP contribution in [0.15, 0.2) is 22.8 Å². The van der Waals surface area contributed by atoms with Crippen LogP contribution in [0.4, 0.5) is 0 Å². The van der Waals surface area contributed by atoms with Gasteiger partial charge < -0.3 is 14.7 Å². The summed E-state index contributed by atoms with van der Waals surface area (Å²) in [6.07, 6.45) is 2.35. The van der Waals surface area contributed by atoms with Gasteiger partial charge >= 0.3 is 0 Å². The van der Waals surface area contributed by atoms with Crippen molar-refractivity contribution in [3.63, 3.8) is 0 Å². The number of nitrogens with one attached hydrogen (secondary N) is 1. The second kappa shape index (κ2) is 8.51. The van der Waals surface area contributed by atoms with Gasteiger partial charge in [0.2, 0.25) is 5.91 Å². The normalized spacial score (nSPS) is 14.8. The first-order valence-corrected chi connectivity index (χ1v) is 8.66. The van der Waals surface area contributed by atoms with Crippen LogP contribution in [0.3, 0.4) is 0 Å². The highest BCUT2D eigenvalue weighted by atomic mass is 79.9. The second-order valence-electron chi connectivity index (χ2n) is 5.11. The van der Waals surface area contributed by atoms with E-state index in [1.807, 2.05) is 32.9 Å². The molecule has 7 heteroatoms. The molecule has 1 aromatic heterocycles. The SMILES string of the molecule is CC(C(C)C)=[S-](=O)N[C@@H](CCC(N)=O)c1ccc(Br)cn1. The van der Waals surface area contributed by atoms with Crippen molar-refractivity contribution in [2.75, 3.05) is 0 Å². The summed E-state index contributed by atoms with van der Waals surface area (Å²) in [6.45, 7) is 5.84. The van der Waals surface area contributed by atoms with E-state index in [2.05, 4.69) is 25.6 Å². The van der Waals surface area contributed by atoms with Gasteiger partial charge in [-0.25, -0.2) is 10.6 Å². The molecule has 0 radical (unpaired) electrons. The van der Waals surface area contributed by atoms with E-state index in [-0.39, 0.29) is 24.3 Å². The molecule has 118 valence electrons. The lowest BCUT2D eigenvalue weighted by Gasteiger charge is -2.24. The summed E-state index contributed by atoms with van der Waals surface area (Å²) in [4.78, 5) is 16.2. The van der Waals surface area contributed by atoms with Gasteiger partial charge in [-0.05, 0) is 40.4 Å². The van der Waals surface area contributed by atoms with Crippen molar-refractivity contribution in [3.05, 3.63) is 28.5 Å². The number of carbonyl (C=O) groups excluding carboxylic acids is 1. The Morgan fingerprint density at radius 2 is 2.14 bits per heavy atom. The van der Waals surface area contributed by atoms with Gasteiger partial charge in [-0.2, -0.15) is 4.86 Å². The van der Waals surface area contributed by atoms with Crippen LogP contribution < -0.4 is 10.5 Å². The molecule has 5 nitrogen and oxygen atoms in total. The van der Waals surface area contributed by atoms with Crippen molar-refractivity contribution >= 4 is 37.3 Å². The van der Waals surface area contributed by atoms with E-state index < -0.39 is 10.6 Å². The van der Waals surface area contributed by atoms with Crippen molar-refractivity contribution in [2.24, 2.45) is 11.7 Å². The largest absolute Gasteiger partial charge is 0.447 e. The summed E-state index contributed by atoms with van der Waals surface area (Å²) in [7, 11) is -1.28. The summed E-state index contributed by atoms with van der Waals surface area (Å²) >= 11 is 3.33. The molecule has 1 atom stereocenters. The molecule has 1 heterocycles. The predicted octanol–water partition coefficient (Wildman–Crippen LogP) is 2.47. The number of amides is 1. The fourth-order valence-corrected chi connectivity index (χ4v) is 2.93. The molecule has 0 fully saturated rings. The number of carbonyl (C=O) groups is 1. The maximum Gasteiger partial charge on any atom is 0.217 e. The van der Waals surface area contributed by atoms with E-state index in [0.717, 1.165) is 15.0 Å². The lowest BCUT2D eigenvalue weighted by molar-refractivity contribution is -0.118. The van der Waals surface area contributed by atoms with Crippen molar-refractivity contribution in [1.29, 1.82) is 0 Å². The zero-order chi connectivity index (χ0) is 16.0. The van der Waals surface area contributed by atoms with E-state index in [1.54, 1.807) is 6.20 Å². The minimum atomic E-state index is -1.28.